The molecule has 0 saturated heterocycles. The Bertz CT molecular complexity index is 3050. The standard InChI is InChI=1S/C49H33N4O.Pt/c1-51-33-52(46-25-11-10-24-45(46)51)37-18-12-19-38(31-37)54-39-26-27-43-42-20-8-9-23-44(42)53(47(43)32-39)48-30-36(28-29-50-48)49-40(34-14-4-2-5-15-34)21-13-22-41(49)35-16-6-3-7-17-35;/h2-30,33H,1H3;/q-1;/i1D3;. The summed E-state index contributed by atoms with van der Waals surface area (Å²) in [6.45, 7) is -2.34. The predicted octanol–water partition coefficient (Wildman–Crippen LogP) is 12.1. The van der Waals surface area contributed by atoms with E-state index < -0.39 is 6.98 Å². The van der Waals surface area contributed by atoms with Crippen LogP contribution in [0.2, 0.25) is 0 Å². The first kappa shape index (κ1) is 30.9. The van der Waals surface area contributed by atoms with Gasteiger partial charge >= 0.3 is 0 Å². The first-order valence-electron chi connectivity index (χ1n) is 19.3. The Balaban J connectivity index is 0.00000436. The Labute approximate surface area is 337 Å². The monoisotopic (exact) mass is 891 g/mol. The second-order valence-corrected chi connectivity index (χ2v) is 13.1. The topological polar surface area (TPSA) is 36.9 Å². The van der Waals surface area contributed by atoms with Gasteiger partial charge in [0.15, 0.2) is 17.4 Å². The molecular formula is C49H33N4OPt-. The van der Waals surface area contributed by atoms with E-state index in [2.05, 4.69) is 114 Å². The van der Waals surface area contributed by atoms with Crippen LogP contribution in [0.3, 0.4) is 0 Å². The number of imidazole rings is 1. The fourth-order valence-corrected chi connectivity index (χ4v) is 7.51. The molecule has 0 fully saturated rings. The van der Waals surface area contributed by atoms with Gasteiger partial charge in [-0.15, -0.1) is 29.7 Å². The van der Waals surface area contributed by atoms with E-state index in [0.29, 0.717) is 22.7 Å². The summed E-state index contributed by atoms with van der Waals surface area (Å²) in [7, 11) is 0. The van der Waals surface area contributed by atoms with Crippen molar-refractivity contribution in [1.82, 2.24) is 18.7 Å². The number of rotatable bonds is 7. The Kier molecular flexibility index (Phi) is 8.05. The molecule has 0 saturated carbocycles. The SMILES string of the molecule is [2H]C([2H])([2H])n1[cH+]n(-c2[c-]c(Oc3[c-]c4c(cc3)c3ccccc3n4-c3cc(-c4c(-c5ccccc5)cccc4-c4ccccc4)ccn3)ccc2)c2ccccc21.[Pt]. The molecule has 10 rings (SSSR count). The molecule has 0 aliphatic rings. The number of aryl methyl sites for hydroxylation is 1. The molecule has 0 aliphatic heterocycles. The Hall–Kier alpha value is -6.55. The smallest absolute Gasteiger partial charge is 0.188 e. The first-order chi connectivity index (χ1) is 27.9. The maximum Gasteiger partial charge on any atom is 0.188 e. The third-order valence-corrected chi connectivity index (χ3v) is 9.92. The zero-order chi connectivity index (χ0) is 38.5. The van der Waals surface area contributed by atoms with Crippen LogP contribution in [0.1, 0.15) is 4.11 Å². The van der Waals surface area contributed by atoms with Crippen LogP contribution in [-0.2, 0) is 28.0 Å². The molecule has 7 aromatic carbocycles. The molecule has 0 spiro atoms. The molecule has 0 bridgehead atoms. The summed E-state index contributed by atoms with van der Waals surface area (Å²) < 4.78 is 36.0. The number of benzene rings is 7. The molecule has 0 amide bonds. The largest absolute Gasteiger partial charge is 0.508 e. The van der Waals surface area contributed by atoms with E-state index in [0.717, 1.165) is 66.5 Å². The van der Waals surface area contributed by atoms with Crippen molar-refractivity contribution in [3.8, 4) is 56.4 Å². The molecule has 6 heteroatoms. The summed E-state index contributed by atoms with van der Waals surface area (Å²) in [5.41, 5.74) is 10.5. The summed E-state index contributed by atoms with van der Waals surface area (Å²) in [4.78, 5) is 4.97. The zero-order valence-electron chi connectivity index (χ0n) is 32.3. The van der Waals surface area contributed by atoms with E-state index in [1.807, 2.05) is 77.5 Å². The van der Waals surface area contributed by atoms with Crippen molar-refractivity contribution in [3.63, 3.8) is 0 Å². The van der Waals surface area contributed by atoms with Crippen LogP contribution in [0.4, 0.5) is 0 Å². The van der Waals surface area contributed by atoms with Crippen LogP contribution in [0, 0.1) is 12.1 Å². The van der Waals surface area contributed by atoms with Gasteiger partial charge in [-0.25, -0.2) is 14.1 Å². The summed E-state index contributed by atoms with van der Waals surface area (Å²) in [6.07, 6.45) is 3.47. The summed E-state index contributed by atoms with van der Waals surface area (Å²) in [5.74, 6) is 1.73. The number of ether oxygens (including phenoxy) is 1. The van der Waals surface area contributed by atoms with E-state index in [4.69, 9.17) is 13.8 Å². The van der Waals surface area contributed by atoms with E-state index >= 15 is 0 Å². The van der Waals surface area contributed by atoms with E-state index in [1.165, 1.54) is 4.57 Å². The summed E-state index contributed by atoms with van der Waals surface area (Å²) >= 11 is 0. The van der Waals surface area contributed by atoms with Crippen LogP contribution in [0.15, 0.2) is 182 Å². The minimum absolute atomic E-state index is 0. The molecular weight excluding hydrogens is 856 g/mol. The summed E-state index contributed by atoms with van der Waals surface area (Å²) in [6, 6.07) is 64.0. The van der Waals surface area contributed by atoms with E-state index in [1.54, 1.807) is 12.4 Å². The van der Waals surface area contributed by atoms with Gasteiger partial charge in [0, 0.05) is 73.2 Å². The molecule has 3 aromatic heterocycles. The Morgan fingerprint density at radius 3 is 1.98 bits per heavy atom. The van der Waals surface area contributed by atoms with Gasteiger partial charge in [0.2, 0.25) is 0 Å². The molecule has 0 atom stereocenters. The van der Waals surface area contributed by atoms with Crippen LogP contribution >= 0.6 is 0 Å². The van der Waals surface area contributed by atoms with Crippen molar-refractivity contribution in [1.29, 1.82) is 0 Å². The van der Waals surface area contributed by atoms with Crippen molar-refractivity contribution >= 4 is 32.8 Å². The fourth-order valence-electron chi connectivity index (χ4n) is 7.51. The normalized spacial score (nSPS) is 12.3. The molecule has 0 radical (unpaired) electrons. The molecule has 55 heavy (non-hydrogen) atoms. The maximum absolute atomic E-state index is 8.09. The maximum atomic E-state index is 8.09. The van der Waals surface area contributed by atoms with Crippen molar-refractivity contribution in [2.45, 2.75) is 0 Å². The Morgan fingerprint density at radius 1 is 0.582 bits per heavy atom. The number of hydrogen-bond acceptors (Lipinski definition) is 2. The fraction of sp³-hybridized carbons (Fsp3) is 0.0204. The predicted molar refractivity (Wildman–Crippen MR) is 219 cm³/mol. The molecule has 266 valence electrons. The Morgan fingerprint density at radius 2 is 1.24 bits per heavy atom. The van der Waals surface area contributed by atoms with Gasteiger partial charge in [-0.2, -0.15) is 12.1 Å². The van der Waals surface area contributed by atoms with Crippen LogP contribution in [-0.4, -0.2) is 18.7 Å². The van der Waals surface area contributed by atoms with Crippen molar-refractivity contribution in [2.24, 2.45) is 6.98 Å². The van der Waals surface area contributed by atoms with E-state index in [-0.39, 0.29) is 21.1 Å². The van der Waals surface area contributed by atoms with Gasteiger partial charge in [-0.3, -0.25) is 0 Å². The van der Waals surface area contributed by atoms with Crippen molar-refractivity contribution < 1.29 is 29.9 Å². The molecule has 0 unspecified atom stereocenters. The summed E-state index contributed by atoms with van der Waals surface area (Å²) in [5, 5.41) is 2.10. The average Bonchev–Trinajstić information content (AvgIpc) is 3.81. The van der Waals surface area contributed by atoms with E-state index in [9.17, 15) is 0 Å². The number of nitrogens with zero attached hydrogens (tertiary/aromatic N) is 4. The second kappa shape index (κ2) is 14.4. The van der Waals surface area contributed by atoms with Gasteiger partial charge in [0.25, 0.3) is 0 Å². The second-order valence-electron chi connectivity index (χ2n) is 13.1. The van der Waals surface area contributed by atoms with Gasteiger partial charge in [-0.05, 0) is 69.1 Å². The zero-order valence-corrected chi connectivity index (χ0v) is 31.6. The third-order valence-electron chi connectivity index (χ3n) is 9.92. The van der Waals surface area contributed by atoms with Gasteiger partial charge in [-0.1, -0.05) is 109 Å². The number of pyridine rings is 1. The molecule has 0 N–H and O–H groups in total. The van der Waals surface area contributed by atoms with Crippen molar-refractivity contribution in [3.05, 3.63) is 195 Å². The minimum atomic E-state index is -2.34. The molecule has 3 heterocycles. The molecule has 10 aromatic rings. The van der Waals surface area contributed by atoms with Crippen LogP contribution in [0.25, 0.3) is 77.7 Å². The van der Waals surface area contributed by atoms with Gasteiger partial charge < -0.3 is 9.30 Å². The number of hydrogen-bond donors (Lipinski definition) is 0. The van der Waals surface area contributed by atoms with Crippen molar-refractivity contribution in [2.75, 3.05) is 0 Å². The average molecular weight is 892 g/mol. The number of aromatic nitrogens is 4. The minimum Gasteiger partial charge on any atom is -0.508 e. The first-order valence-corrected chi connectivity index (χ1v) is 17.8. The molecule has 5 nitrogen and oxygen atoms in total. The van der Waals surface area contributed by atoms with Gasteiger partial charge in [0.05, 0.1) is 0 Å². The van der Waals surface area contributed by atoms with Crippen LogP contribution < -0.4 is 4.74 Å². The van der Waals surface area contributed by atoms with Gasteiger partial charge in [0.1, 0.15) is 5.82 Å². The third kappa shape index (κ3) is 6.13. The quantitative estimate of drug-likeness (QED) is 0.150. The van der Waals surface area contributed by atoms with Crippen LogP contribution in [0.5, 0.6) is 11.5 Å². The number of fused-ring (bicyclic) bond motifs is 4. The molecule has 0 aliphatic carbocycles. The number of para-hydroxylation sites is 3.